The SMILES string of the molecule is O=C(O)CCCC[C@H]1SC[C@H]2NC(=O)N([C@@]3(O)[C@H](O)[C@@H](O)O[C@H](CO)[C@H]3O)[C@H]21. The highest BCUT2D eigenvalue weighted by Crippen LogP contribution is 2.43. The highest BCUT2D eigenvalue weighted by molar-refractivity contribution is 8.00. The molecule has 12 heteroatoms. The third kappa shape index (κ3) is 3.58. The van der Waals surface area contributed by atoms with Crippen molar-refractivity contribution in [3.63, 3.8) is 0 Å². The quantitative estimate of drug-likeness (QED) is 0.173. The monoisotopic (exact) mass is 422 g/mol. The standard InChI is InChI=1S/C16H26N2O9S/c19-5-8-12(22)16(26,13(23)14(24)27-8)18-11-7(17-15(18)25)6-28-9(11)3-1-2-4-10(20)21/h7-9,11-14,19,22-24,26H,1-6H2,(H,17,25)(H,20,21)/t7-,8-,9-,11-,12-,13-,14+,16+/m1/s1. The summed E-state index contributed by atoms with van der Waals surface area (Å²) in [5.74, 6) is -0.329. The van der Waals surface area contributed by atoms with Crippen LogP contribution in [0.15, 0.2) is 0 Å². The minimum absolute atomic E-state index is 0.0372. The molecule has 3 aliphatic rings. The molecule has 0 saturated carbocycles. The number of nitrogens with zero attached hydrogens (tertiary/aromatic N) is 1. The Morgan fingerprint density at radius 3 is 2.64 bits per heavy atom. The minimum atomic E-state index is -2.56. The molecule has 3 saturated heterocycles. The predicted octanol–water partition coefficient (Wildman–Crippen LogP) is -2.37. The second-order valence-electron chi connectivity index (χ2n) is 7.35. The summed E-state index contributed by atoms with van der Waals surface area (Å²) in [4.78, 5) is 24.2. The van der Waals surface area contributed by atoms with Gasteiger partial charge in [-0.15, -0.1) is 0 Å². The fourth-order valence-corrected chi connectivity index (χ4v) is 5.79. The Kier molecular flexibility index (Phi) is 6.39. The molecule has 0 aromatic rings. The minimum Gasteiger partial charge on any atom is -0.481 e. The van der Waals surface area contributed by atoms with Crippen LogP contribution in [0.25, 0.3) is 0 Å². The van der Waals surface area contributed by atoms with E-state index in [0.29, 0.717) is 25.0 Å². The van der Waals surface area contributed by atoms with Crippen LogP contribution in [0.4, 0.5) is 4.79 Å². The van der Waals surface area contributed by atoms with Crippen LogP contribution in [0.2, 0.25) is 0 Å². The first-order valence-electron chi connectivity index (χ1n) is 9.18. The lowest BCUT2D eigenvalue weighted by Gasteiger charge is -2.51. The number of nitrogens with one attached hydrogen (secondary N) is 1. The summed E-state index contributed by atoms with van der Waals surface area (Å²) >= 11 is 1.55. The molecule has 0 spiro atoms. The molecule has 28 heavy (non-hydrogen) atoms. The van der Waals surface area contributed by atoms with E-state index < -0.39 is 55.0 Å². The molecule has 0 aliphatic carbocycles. The summed E-state index contributed by atoms with van der Waals surface area (Å²) in [5, 5.41) is 62.7. The lowest BCUT2D eigenvalue weighted by atomic mass is 9.88. The van der Waals surface area contributed by atoms with Crippen LogP contribution >= 0.6 is 11.8 Å². The fourth-order valence-electron chi connectivity index (χ4n) is 4.21. The Balaban J connectivity index is 1.82. The number of urea groups is 1. The van der Waals surface area contributed by atoms with Gasteiger partial charge >= 0.3 is 12.0 Å². The second-order valence-corrected chi connectivity index (χ2v) is 8.62. The second kappa shape index (κ2) is 8.30. The van der Waals surface area contributed by atoms with Crippen molar-refractivity contribution in [3.8, 4) is 0 Å². The summed E-state index contributed by atoms with van der Waals surface area (Å²) in [5.41, 5.74) is -2.56. The van der Waals surface area contributed by atoms with Gasteiger partial charge in [0.25, 0.3) is 0 Å². The zero-order valence-electron chi connectivity index (χ0n) is 15.0. The van der Waals surface area contributed by atoms with Crippen molar-refractivity contribution < 1.29 is 45.0 Å². The van der Waals surface area contributed by atoms with Gasteiger partial charge in [0.2, 0.25) is 5.72 Å². The van der Waals surface area contributed by atoms with E-state index >= 15 is 0 Å². The number of aliphatic carboxylic acids is 1. The molecule has 2 amide bonds. The number of fused-ring (bicyclic) bond motifs is 1. The molecule has 160 valence electrons. The normalized spacial score (nSPS) is 43.1. The number of aliphatic hydroxyl groups excluding tert-OH is 4. The van der Waals surface area contributed by atoms with Gasteiger partial charge in [0, 0.05) is 17.4 Å². The van der Waals surface area contributed by atoms with Gasteiger partial charge in [0.1, 0.15) is 12.2 Å². The van der Waals surface area contributed by atoms with Gasteiger partial charge in [-0.05, 0) is 12.8 Å². The molecule has 3 aliphatic heterocycles. The Morgan fingerprint density at radius 2 is 2.00 bits per heavy atom. The van der Waals surface area contributed by atoms with Gasteiger partial charge in [-0.25, -0.2) is 4.79 Å². The van der Waals surface area contributed by atoms with Crippen molar-refractivity contribution in [2.75, 3.05) is 12.4 Å². The van der Waals surface area contributed by atoms with E-state index in [2.05, 4.69) is 5.32 Å². The van der Waals surface area contributed by atoms with Gasteiger partial charge in [-0.1, -0.05) is 6.42 Å². The third-order valence-electron chi connectivity index (χ3n) is 5.61. The van der Waals surface area contributed by atoms with E-state index in [1.54, 1.807) is 11.8 Å². The maximum atomic E-state index is 12.6. The van der Waals surface area contributed by atoms with Gasteiger partial charge in [-0.2, -0.15) is 11.8 Å². The lowest BCUT2D eigenvalue weighted by Crippen LogP contribution is -2.76. The Morgan fingerprint density at radius 1 is 1.29 bits per heavy atom. The molecule has 8 atom stereocenters. The van der Waals surface area contributed by atoms with Crippen LogP contribution in [0.5, 0.6) is 0 Å². The van der Waals surface area contributed by atoms with Crippen LogP contribution in [0, 0.1) is 0 Å². The summed E-state index contributed by atoms with van der Waals surface area (Å²) in [6.07, 6.45) is -5.46. The van der Waals surface area contributed by atoms with Crippen molar-refractivity contribution in [2.24, 2.45) is 0 Å². The molecule has 3 rings (SSSR count). The van der Waals surface area contributed by atoms with Crippen molar-refractivity contribution in [3.05, 3.63) is 0 Å². The number of hydrogen-bond donors (Lipinski definition) is 7. The highest BCUT2D eigenvalue weighted by Gasteiger charge is 2.65. The van der Waals surface area contributed by atoms with Gasteiger partial charge < -0.3 is 40.7 Å². The molecular formula is C16H26N2O9S. The largest absolute Gasteiger partial charge is 0.481 e. The molecule has 0 aromatic carbocycles. The number of rotatable bonds is 7. The Labute approximate surface area is 165 Å². The van der Waals surface area contributed by atoms with Gasteiger partial charge in [-0.3, -0.25) is 9.69 Å². The van der Waals surface area contributed by atoms with E-state index in [9.17, 15) is 35.1 Å². The average Bonchev–Trinajstić information content (AvgIpc) is 3.18. The topological polar surface area (TPSA) is 180 Å². The van der Waals surface area contributed by atoms with Crippen molar-refractivity contribution in [2.45, 2.75) is 73.3 Å². The summed E-state index contributed by atoms with van der Waals surface area (Å²) in [7, 11) is 0. The fraction of sp³-hybridized carbons (Fsp3) is 0.875. The summed E-state index contributed by atoms with van der Waals surface area (Å²) < 4.78 is 4.92. The number of hydrogen-bond acceptors (Lipinski definition) is 9. The zero-order chi connectivity index (χ0) is 20.6. The Bertz CT molecular complexity index is 611. The Hall–Kier alpha value is -1.15. The average molecular weight is 422 g/mol. The lowest BCUT2D eigenvalue weighted by molar-refractivity contribution is -0.352. The zero-order valence-corrected chi connectivity index (χ0v) is 15.9. The molecule has 3 heterocycles. The number of carboxylic acid groups (broad SMARTS) is 1. The number of aliphatic hydroxyl groups is 5. The van der Waals surface area contributed by atoms with Crippen LogP contribution in [0.1, 0.15) is 25.7 Å². The molecule has 0 radical (unpaired) electrons. The number of unbranched alkanes of at least 4 members (excludes halogenated alkanes) is 1. The molecular weight excluding hydrogens is 396 g/mol. The van der Waals surface area contributed by atoms with Crippen molar-refractivity contribution >= 4 is 23.8 Å². The van der Waals surface area contributed by atoms with Crippen molar-refractivity contribution in [1.29, 1.82) is 0 Å². The number of carboxylic acids is 1. The molecule has 11 nitrogen and oxygen atoms in total. The highest BCUT2D eigenvalue weighted by atomic mass is 32.2. The molecule has 0 bridgehead atoms. The maximum Gasteiger partial charge on any atom is 0.320 e. The number of ether oxygens (including phenoxy) is 1. The van der Waals surface area contributed by atoms with Crippen LogP contribution in [0.3, 0.4) is 0 Å². The first-order valence-corrected chi connectivity index (χ1v) is 10.2. The molecule has 3 fully saturated rings. The molecule has 0 aromatic heterocycles. The number of carbonyl (C=O) groups is 2. The van der Waals surface area contributed by atoms with Crippen molar-refractivity contribution in [1.82, 2.24) is 10.2 Å². The van der Waals surface area contributed by atoms with Gasteiger partial charge in [0.15, 0.2) is 12.4 Å². The van der Waals surface area contributed by atoms with E-state index in [-0.39, 0.29) is 17.7 Å². The summed E-state index contributed by atoms with van der Waals surface area (Å²) in [6, 6.07) is -1.61. The molecule has 7 N–H and O–H groups in total. The van der Waals surface area contributed by atoms with Crippen LogP contribution in [-0.2, 0) is 9.53 Å². The third-order valence-corrected chi connectivity index (χ3v) is 7.11. The van der Waals surface area contributed by atoms with E-state index in [4.69, 9.17) is 9.84 Å². The first-order chi connectivity index (χ1) is 13.2. The smallest absolute Gasteiger partial charge is 0.320 e. The summed E-state index contributed by atoms with van der Waals surface area (Å²) in [6.45, 7) is -0.732. The van der Waals surface area contributed by atoms with E-state index in [1.807, 2.05) is 0 Å². The van der Waals surface area contributed by atoms with Gasteiger partial charge in [0.05, 0.1) is 18.7 Å². The predicted molar refractivity (Wildman–Crippen MR) is 95.2 cm³/mol. The molecule has 0 unspecified atom stereocenters. The maximum absolute atomic E-state index is 12.6. The first kappa shape index (κ1) is 21.6. The van der Waals surface area contributed by atoms with Crippen LogP contribution < -0.4 is 5.32 Å². The number of thioether (sulfide) groups is 1. The van der Waals surface area contributed by atoms with Crippen LogP contribution in [-0.4, -0.2) is 108 Å². The van der Waals surface area contributed by atoms with E-state index in [0.717, 1.165) is 4.90 Å². The van der Waals surface area contributed by atoms with E-state index in [1.165, 1.54) is 0 Å². The number of amides is 2. The number of carbonyl (C=O) groups excluding carboxylic acids is 1.